The minimum absolute atomic E-state index is 0.413. The zero-order valence-corrected chi connectivity index (χ0v) is 12.1. The Hall–Kier alpha value is -1.53. The quantitative estimate of drug-likeness (QED) is 0.792. The molecule has 0 aliphatic heterocycles. The van der Waals surface area contributed by atoms with E-state index in [9.17, 15) is 22.8 Å². The van der Waals surface area contributed by atoms with E-state index in [4.69, 9.17) is 0 Å². The van der Waals surface area contributed by atoms with Crippen molar-refractivity contribution in [3.05, 3.63) is 12.7 Å². The summed E-state index contributed by atoms with van der Waals surface area (Å²) in [6.07, 6.45) is -0.0956. The van der Waals surface area contributed by atoms with Crippen LogP contribution in [0.5, 0.6) is 0 Å². The van der Waals surface area contributed by atoms with Gasteiger partial charge in [-0.25, -0.2) is 0 Å². The number of hydrogen-bond acceptors (Lipinski definition) is 2. The zero-order valence-electron chi connectivity index (χ0n) is 12.1. The molecule has 1 atom stereocenters. The first kappa shape index (κ1) is 17.5. The van der Waals surface area contributed by atoms with Crippen LogP contribution in [0.15, 0.2) is 12.7 Å². The second-order valence-corrected chi connectivity index (χ2v) is 5.38. The Labute approximate surface area is 122 Å². The SMILES string of the molecule is C=CC(=O)N(C)CC(=O)NC(C1CCCCC1)C(F)(F)F. The van der Waals surface area contributed by atoms with Crippen LogP contribution in [0.4, 0.5) is 13.2 Å². The molecule has 1 saturated carbocycles. The molecule has 0 aromatic heterocycles. The number of nitrogens with one attached hydrogen (secondary N) is 1. The molecule has 1 unspecified atom stereocenters. The monoisotopic (exact) mass is 306 g/mol. The maximum atomic E-state index is 13.1. The number of nitrogens with zero attached hydrogens (tertiary/aromatic N) is 1. The number of rotatable bonds is 5. The van der Waals surface area contributed by atoms with E-state index in [1.807, 2.05) is 5.32 Å². The predicted octanol–water partition coefficient (Wildman–Crippen LogP) is 2.26. The molecular weight excluding hydrogens is 285 g/mol. The average molecular weight is 306 g/mol. The van der Waals surface area contributed by atoms with Crippen molar-refractivity contribution in [2.24, 2.45) is 5.92 Å². The van der Waals surface area contributed by atoms with E-state index < -0.39 is 36.5 Å². The lowest BCUT2D eigenvalue weighted by Gasteiger charge is -2.32. The summed E-state index contributed by atoms with van der Waals surface area (Å²) in [7, 11) is 1.34. The number of alkyl halides is 3. The molecule has 7 heteroatoms. The van der Waals surface area contributed by atoms with E-state index in [2.05, 4.69) is 6.58 Å². The van der Waals surface area contributed by atoms with E-state index in [1.54, 1.807) is 0 Å². The van der Waals surface area contributed by atoms with Crippen LogP contribution in [-0.4, -0.2) is 42.5 Å². The van der Waals surface area contributed by atoms with Gasteiger partial charge < -0.3 is 10.2 Å². The van der Waals surface area contributed by atoms with E-state index in [0.717, 1.165) is 30.2 Å². The summed E-state index contributed by atoms with van der Waals surface area (Å²) in [5.74, 6) is -1.89. The Morgan fingerprint density at radius 3 is 2.38 bits per heavy atom. The lowest BCUT2D eigenvalue weighted by atomic mass is 9.83. The number of amides is 2. The van der Waals surface area contributed by atoms with Crippen LogP contribution in [0.25, 0.3) is 0 Å². The molecule has 0 bridgehead atoms. The van der Waals surface area contributed by atoms with E-state index >= 15 is 0 Å². The summed E-state index contributed by atoms with van der Waals surface area (Å²) in [6, 6.07) is -1.84. The van der Waals surface area contributed by atoms with Crippen LogP contribution < -0.4 is 5.32 Å². The fourth-order valence-electron chi connectivity index (χ4n) is 2.60. The second kappa shape index (κ2) is 7.47. The van der Waals surface area contributed by atoms with Crippen molar-refractivity contribution >= 4 is 11.8 Å². The average Bonchev–Trinajstić information content (AvgIpc) is 2.43. The Kier molecular flexibility index (Phi) is 6.23. The zero-order chi connectivity index (χ0) is 16.0. The van der Waals surface area contributed by atoms with Crippen molar-refractivity contribution in [3.63, 3.8) is 0 Å². The van der Waals surface area contributed by atoms with Gasteiger partial charge in [-0.15, -0.1) is 0 Å². The molecule has 1 aliphatic rings. The van der Waals surface area contributed by atoms with Gasteiger partial charge >= 0.3 is 6.18 Å². The normalized spacial score (nSPS) is 17.9. The summed E-state index contributed by atoms with van der Waals surface area (Å²) in [5, 5.41) is 2.04. The molecule has 21 heavy (non-hydrogen) atoms. The number of likely N-dealkylation sites (N-methyl/N-ethyl adjacent to an activating group) is 1. The fourth-order valence-corrected chi connectivity index (χ4v) is 2.60. The van der Waals surface area contributed by atoms with E-state index in [-0.39, 0.29) is 0 Å². The summed E-state index contributed by atoms with van der Waals surface area (Å²) in [5.41, 5.74) is 0. The molecule has 0 aromatic carbocycles. The Balaban J connectivity index is 2.66. The van der Waals surface area contributed by atoms with Gasteiger partial charge in [0.25, 0.3) is 0 Å². The summed E-state index contributed by atoms with van der Waals surface area (Å²) >= 11 is 0. The van der Waals surface area contributed by atoms with Crippen molar-refractivity contribution < 1.29 is 22.8 Å². The third-order valence-corrected chi connectivity index (χ3v) is 3.72. The Bertz CT molecular complexity index is 390. The molecule has 1 fully saturated rings. The van der Waals surface area contributed by atoms with Crippen molar-refractivity contribution in [2.75, 3.05) is 13.6 Å². The maximum absolute atomic E-state index is 13.1. The van der Waals surface area contributed by atoms with Gasteiger partial charge in [-0.3, -0.25) is 9.59 Å². The van der Waals surface area contributed by atoms with Crippen LogP contribution in [0, 0.1) is 5.92 Å². The van der Waals surface area contributed by atoms with Crippen LogP contribution in [0.1, 0.15) is 32.1 Å². The Morgan fingerprint density at radius 1 is 1.33 bits per heavy atom. The molecule has 120 valence electrons. The predicted molar refractivity (Wildman–Crippen MR) is 72.4 cm³/mol. The summed E-state index contributed by atoms with van der Waals surface area (Å²) in [6.45, 7) is 2.85. The van der Waals surface area contributed by atoms with Gasteiger partial charge in [0.05, 0.1) is 6.54 Å². The number of carbonyl (C=O) groups excluding carboxylic acids is 2. The van der Waals surface area contributed by atoms with E-state index in [1.165, 1.54) is 7.05 Å². The second-order valence-electron chi connectivity index (χ2n) is 5.38. The lowest BCUT2D eigenvalue weighted by molar-refractivity contribution is -0.174. The highest BCUT2D eigenvalue weighted by Gasteiger charge is 2.45. The van der Waals surface area contributed by atoms with Crippen molar-refractivity contribution in [1.82, 2.24) is 10.2 Å². The molecule has 0 saturated heterocycles. The fraction of sp³-hybridized carbons (Fsp3) is 0.714. The largest absolute Gasteiger partial charge is 0.408 e. The Morgan fingerprint density at radius 2 is 1.90 bits per heavy atom. The molecule has 4 nitrogen and oxygen atoms in total. The van der Waals surface area contributed by atoms with Crippen LogP contribution in [0.2, 0.25) is 0 Å². The van der Waals surface area contributed by atoms with Gasteiger partial charge in [0.2, 0.25) is 11.8 Å². The molecule has 1 N–H and O–H groups in total. The number of carbonyl (C=O) groups is 2. The van der Waals surface area contributed by atoms with Gasteiger partial charge in [-0.2, -0.15) is 13.2 Å². The number of halogens is 3. The van der Waals surface area contributed by atoms with Crippen molar-refractivity contribution in [2.45, 2.75) is 44.3 Å². The third kappa shape index (κ3) is 5.40. The molecule has 1 rings (SSSR count). The molecule has 2 amide bonds. The van der Waals surface area contributed by atoms with Crippen LogP contribution in [0.3, 0.4) is 0 Å². The smallest absolute Gasteiger partial charge is 0.343 e. The van der Waals surface area contributed by atoms with Crippen molar-refractivity contribution in [1.29, 1.82) is 0 Å². The minimum atomic E-state index is -4.47. The third-order valence-electron chi connectivity index (χ3n) is 3.72. The first-order valence-electron chi connectivity index (χ1n) is 6.99. The highest BCUT2D eigenvalue weighted by Crippen LogP contribution is 2.34. The molecule has 0 aromatic rings. The first-order valence-corrected chi connectivity index (χ1v) is 6.99. The van der Waals surface area contributed by atoms with Gasteiger partial charge in [-0.1, -0.05) is 25.8 Å². The number of hydrogen-bond donors (Lipinski definition) is 1. The van der Waals surface area contributed by atoms with Crippen molar-refractivity contribution in [3.8, 4) is 0 Å². The molecular formula is C14H21F3N2O2. The molecule has 0 radical (unpaired) electrons. The molecule has 0 heterocycles. The molecule has 0 spiro atoms. The minimum Gasteiger partial charge on any atom is -0.343 e. The van der Waals surface area contributed by atoms with Gasteiger partial charge in [0, 0.05) is 7.05 Å². The highest BCUT2D eigenvalue weighted by molar-refractivity contribution is 5.90. The van der Waals surface area contributed by atoms with Gasteiger partial charge in [0.1, 0.15) is 6.04 Å². The van der Waals surface area contributed by atoms with Crippen LogP contribution >= 0.6 is 0 Å². The lowest BCUT2D eigenvalue weighted by Crippen LogP contribution is -2.52. The maximum Gasteiger partial charge on any atom is 0.408 e. The van der Waals surface area contributed by atoms with Gasteiger partial charge in [-0.05, 0) is 24.8 Å². The topological polar surface area (TPSA) is 49.4 Å². The molecule has 1 aliphatic carbocycles. The van der Waals surface area contributed by atoms with Gasteiger partial charge in [0.15, 0.2) is 0 Å². The first-order chi connectivity index (χ1) is 9.75. The summed E-state index contributed by atoms with van der Waals surface area (Å²) in [4.78, 5) is 24.0. The standard InChI is InChI=1S/C14H21F3N2O2/c1-3-12(21)19(2)9-11(20)18-13(14(15,16)17)10-7-5-4-6-8-10/h3,10,13H,1,4-9H2,2H3,(H,18,20). The van der Waals surface area contributed by atoms with E-state index in [0.29, 0.717) is 12.8 Å². The highest BCUT2D eigenvalue weighted by atomic mass is 19.4. The summed E-state index contributed by atoms with van der Waals surface area (Å²) < 4.78 is 39.3. The van der Waals surface area contributed by atoms with Crippen LogP contribution in [-0.2, 0) is 9.59 Å².